The van der Waals surface area contributed by atoms with Crippen LogP contribution in [0.15, 0.2) is 29.5 Å². The van der Waals surface area contributed by atoms with Gasteiger partial charge in [0.1, 0.15) is 29.7 Å². The number of halogens is 1. The first-order chi connectivity index (χ1) is 10.7. The Morgan fingerprint density at radius 1 is 1.05 bits per heavy atom. The molecule has 0 amide bonds. The maximum Gasteiger partial charge on any atom is 0.163 e. The lowest BCUT2D eigenvalue weighted by atomic mass is 10.1. The van der Waals surface area contributed by atoms with Crippen LogP contribution in [0, 0.1) is 39.8 Å². The molecule has 5 nitrogen and oxygen atoms in total. The van der Waals surface area contributed by atoms with E-state index in [1.165, 1.54) is 12.5 Å². The minimum absolute atomic E-state index is 0.185. The number of anilines is 2. The zero-order valence-corrected chi connectivity index (χ0v) is 11.9. The Kier molecular flexibility index (Phi) is 4.96. The molecule has 0 aliphatic carbocycles. The molecule has 110 valence electrons. The Hall–Kier alpha value is -3.04. The third-order valence-electron chi connectivity index (χ3n) is 3.50. The lowest BCUT2D eigenvalue weighted by Gasteiger charge is -2.29. The fourth-order valence-corrected chi connectivity index (χ4v) is 2.40. The minimum Gasteiger partial charge on any atom is -0.369 e. The van der Waals surface area contributed by atoms with E-state index in [1.54, 1.807) is 30.3 Å². The molecule has 6 heteroatoms. The average molecular weight is 295 g/mol. The molecule has 0 unspecified atom stereocenters. The van der Waals surface area contributed by atoms with Crippen molar-refractivity contribution in [1.82, 2.24) is 0 Å². The van der Waals surface area contributed by atoms with Gasteiger partial charge >= 0.3 is 0 Å². The molecule has 0 saturated carbocycles. The largest absolute Gasteiger partial charge is 0.369 e. The molecule has 1 saturated heterocycles. The number of rotatable bonds is 3. The molecule has 1 aliphatic heterocycles. The first kappa shape index (κ1) is 15.4. The minimum atomic E-state index is -0.389. The van der Waals surface area contributed by atoms with E-state index in [1.807, 2.05) is 4.90 Å². The summed E-state index contributed by atoms with van der Waals surface area (Å²) in [6.07, 6.45) is 3.27. The molecular formula is C16H14FN5. The molecule has 0 bridgehead atoms. The standard InChI is InChI=1S/C16H14FN5/c17-14-8-13(21-15(11-20)12(9-18)10-19)4-5-16(14)22-6-2-1-3-7-22/h4-5,8,21H,1-3,6-7H2. The molecule has 0 atom stereocenters. The molecule has 1 heterocycles. The van der Waals surface area contributed by atoms with Gasteiger partial charge in [0.15, 0.2) is 5.57 Å². The lowest BCUT2D eigenvalue weighted by Crippen LogP contribution is -2.30. The predicted molar refractivity (Wildman–Crippen MR) is 80.0 cm³/mol. The molecule has 0 spiro atoms. The van der Waals surface area contributed by atoms with Gasteiger partial charge in [-0.15, -0.1) is 0 Å². The molecule has 1 fully saturated rings. The third kappa shape index (κ3) is 3.34. The van der Waals surface area contributed by atoms with E-state index in [0.717, 1.165) is 25.9 Å². The topological polar surface area (TPSA) is 86.6 Å². The summed E-state index contributed by atoms with van der Waals surface area (Å²) in [4.78, 5) is 2.00. The Morgan fingerprint density at radius 2 is 1.73 bits per heavy atom. The fourth-order valence-electron chi connectivity index (χ4n) is 2.40. The van der Waals surface area contributed by atoms with Crippen molar-refractivity contribution in [1.29, 1.82) is 15.8 Å². The SMILES string of the molecule is N#CC(C#N)=C(C#N)Nc1ccc(N2CCCCC2)c(F)c1. The zero-order chi connectivity index (χ0) is 15.9. The summed E-state index contributed by atoms with van der Waals surface area (Å²) in [5.74, 6) is -0.389. The number of allylic oxidation sites excluding steroid dienone is 2. The van der Waals surface area contributed by atoms with Crippen molar-refractivity contribution < 1.29 is 4.39 Å². The molecule has 22 heavy (non-hydrogen) atoms. The Morgan fingerprint density at radius 3 is 2.27 bits per heavy atom. The second-order valence-corrected chi connectivity index (χ2v) is 4.92. The van der Waals surface area contributed by atoms with Crippen LogP contribution in [0.5, 0.6) is 0 Å². The third-order valence-corrected chi connectivity index (χ3v) is 3.50. The van der Waals surface area contributed by atoms with Crippen LogP contribution in [0.1, 0.15) is 19.3 Å². The maximum atomic E-state index is 14.2. The first-order valence-electron chi connectivity index (χ1n) is 6.95. The number of nitrogens with one attached hydrogen (secondary N) is 1. The number of benzene rings is 1. The molecule has 1 aliphatic rings. The fraction of sp³-hybridized carbons (Fsp3) is 0.312. The smallest absolute Gasteiger partial charge is 0.163 e. The van der Waals surface area contributed by atoms with Gasteiger partial charge < -0.3 is 10.2 Å². The van der Waals surface area contributed by atoms with Gasteiger partial charge in [-0.3, -0.25) is 0 Å². The Labute approximate surface area is 128 Å². The summed E-state index contributed by atoms with van der Waals surface area (Å²) in [7, 11) is 0. The van der Waals surface area contributed by atoms with Gasteiger partial charge in [0, 0.05) is 18.8 Å². The van der Waals surface area contributed by atoms with Crippen LogP contribution in [0.25, 0.3) is 0 Å². The monoisotopic (exact) mass is 295 g/mol. The zero-order valence-electron chi connectivity index (χ0n) is 11.9. The van der Waals surface area contributed by atoms with E-state index in [-0.39, 0.29) is 17.1 Å². The Balaban J connectivity index is 2.23. The molecule has 0 aromatic heterocycles. The van der Waals surface area contributed by atoms with Crippen LogP contribution in [0.2, 0.25) is 0 Å². The van der Waals surface area contributed by atoms with Crippen LogP contribution in [-0.2, 0) is 0 Å². The van der Waals surface area contributed by atoms with E-state index in [0.29, 0.717) is 11.4 Å². The van der Waals surface area contributed by atoms with Crippen molar-refractivity contribution in [3.63, 3.8) is 0 Å². The van der Waals surface area contributed by atoms with Gasteiger partial charge in [-0.2, -0.15) is 15.8 Å². The van der Waals surface area contributed by atoms with Crippen molar-refractivity contribution in [2.45, 2.75) is 19.3 Å². The number of nitrogens with zero attached hydrogens (tertiary/aromatic N) is 4. The summed E-state index contributed by atoms with van der Waals surface area (Å²) in [5.41, 5.74) is 0.351. The highest BCUT2D eigenvalue weighted by molar-refractivity contribution is 5.62. The number of hydrogen-bond acceptors (Lipinski definition) is 5. The predicted octanol–water partition coefficient (Wildman–Crippen LogP) is 3.05. The second kappa shape index (κ2) is 7.11. The summed E-state index contributed by atoms with van der Waals surface area (Å²) in [6, 6.07) is 9.56. The summed E-state index contributed by atoms with van der Waals surface area (Å²) >= 11 is 0. The van der Waals surface area contributed by atoms with Crippen LogP contribution >= 0.6 is 0 Å². The summed E-state index contributed by atoms with van der Waals surface area (Å²) in [5, 5.41) is 29.1. The van der Waals surface area contributed by atoms with Gasteiger partial charge in [-0.05, 0) is 37.5 Å². The molecule has 0 radical (unpaired) electrons. The highest BCUT2D eigenvalue weighted by Gasteiger charge is 2.15. The summed E-state index contributed by atoms with van der Waals surface area (Å²) in [6.45, 7) is 1.67. The van der Waals surface area contributed by atoms with E-state index in [2.05, 4.69) is 5.32 Å². The maximum absolute atomic E-state index is 14.2. The van der Waals surface area contributed by atoms with Gasteiger partial charge in [0.2, 0.25) is 0 Å². The number of hydrogen-bond donors (Lipinski definition) is 1. The van der Waals surface area contributed by atoms with Crippen molar-refractivity contribution in [2.24, 2.45) is 0 Å². The van der Waals surface area contributed by atoms with Gasteiger partial charge in [-0.25, -0.2) is 4.39 Å². The van der Waals surface area contributed by atoms with E-state index in [9.17, 15) is 4.39 Å². The number of piperidine rings is 1. The molecule has 2 rings (SSSR count). The van der Waals surface area contributed by atoms with Gasteiger partial charge in [0.05, 0.1) is 5.69 Å². The molecule has 1 aromatic rings. The summed E-state index contributed by atoms with van der Waals surface area (Å²) < 4.78 is 14.2. The normalized spacial score (nSPS) is 13.5. The highest BCUT2D eigenvalue weighted by atomic mass is 19.1. The van der Waals surface area contributed by atoms with Crippen molar-refractivity contribution in [3.8, 4) is 18.2 Å². The lowest BCUT2D eigenvalue weighted by molar-refractivity contribution is 0.557. The quantitative estimate of drug-likeness (QED) is 0.866. The second-order valence-electron chi connectivity index (χ2n) is 4.92. The van der Waals surface area contributed by atoms with E-state index < -0.39 is 0 Å². The molecule has 1 N–H and O–H groups in total. The van der Waals surface area contributed by atoms with Crippen molar-refractivity contribution >= 4 is 11.4 Å². The average Bonchev–Trinajstić information content (AvgIpc) is 2.56. The molecular weight excluding hydrogens is 281 g/mol. The van der Waals surface area contributed by atoms with Gasteiger partial charge in [-0.1, -0.05) is 0 Å². The highest BCUT2D eigenvalue weighted by Crippen LogP contribution is 2.26. The first-order valence-corrected chi connectivity index (χ1v) is 6.95. The Bertz CT molecular complexity index is 696. The number of nitriles is 3. The van der Waals surface area contributed by atoms with Crippen LogP contribution < -0.4 is 10.2 Å². The van der Waals surface area contributed by atoms with Crippen LogP contribution in [0.4, 0.5) is 15.8 Å². The van der Waals surface area contributed by atoms with Gasteiger partial charge in [0.25, 0.3) is 0 Å². The van der Waals surface area contributed by atoms with E-state index in [4.69, 9.17) is 15.8 Å². The van der Waals surface area contributed by atoms with Crippen LogP contribution in [-0.4, -0.2) is 13.1 Å². The van der Waals surface area contributed by atoms with Crippen molar-refractivity contribution in [3.05, 3.63) is 35.3 Å². The van der Waals surface area contributed by atoms with Crippen LogP contribution in [0.3, 0.4) is 0 Å². The molecule has 1 aromatic carbocycles. The van der Waals surface area contributed by atoms with Crippen molar-refractivity contribution in [2.75, 3.05) is 23.3 Å². The van der Waals surface area contributed by atoms with E-state index >= 15 is 0 Å².